The van der Waals surface area contributed by atoms with E-state index >= 15 is 0 Å². The van der Waals surface area contributed by atoms with Gasteiger partial charge in [-0.3, -0.25) is 9.78 Å². The van der Waals surface area contributed by atoms with Gasteiger partial charge in [0.1, 0.15) is 0 Å². The lowest BCUT2D eigenvalue weighted by Crippen LogP contribution is -2.18. The Morgan fingerprint density at radius 3 is 2.55 bits per heavy atom. The van der Waals surface area contributed by atoms with Gasteiger partial charge in [-0.15, -0.1) is 0 Å². The summed E-state index contributed by atoms with van der Waals surface area (Å²) in [5.41, 5.74) is 7.45. The number of hydrogen-bond acceptors (Lipinski definition) is 4. The minimum Gasteiger partial charge on any atom is -0.361 e. The van der Waals surface area contributed by atoms with Gasteiger partial charge in [-0.05, 0) is 30.3 Å². The van der Waals surface area contributed by atoms with Gasteiger partial charge in [-0.1, -0.05) is 43.8 Å². The van der Waals surface area contributed by atoms with Crippen molar-refractivity contribution in [3.8, 4) is 11.3 Å². The Morgan fingerprint density at radius 1 is 0.968 bits per heavy atom. The molecule has 0 saturated carbocycles. The zero-order chi connectivity index (χ0) is 20.3. The average Bonchev–Trinajstić information content (AvgIpc) is 3.22. The van der Waals surface area contributed by atoms with E-state index in [2.05, 4.69) is 20.5 Å². The number of hydrazone groups is 1. The van der Waals surface area contributed by atoms with Crippen LogP contribution in [-0.2, 0) is 0 Å². The van der Waals surface area contributed by atoms with Crippen LogP contribution in [0, 0.1) is 0 Å². The molecule has 31 heavy (non-hydrogen) atoms. The first-order valence-electron chi connectivity index (χ1n) is 9.49. The second-order valence-electron chi connectivity index (χ2n) is 6.80. The van der Waals surface area contributed by atoms with Crippen molar-refractivity contribution < 1.29 is 4.79 Å². The zero-order valence-electron chi connectivity index (χ0n) is 15.9. The Kier molecular flexibility index (Phi) is 5.53. The van der Waals surface area contributed by atoms with Crippen molar-refractivity contribution in [1.29, 1.82) is 0 Å². The highest BCUT2D eigenvalue weighted by Crippen LogP contribution is 2.24. The fourth-order valence-corrected chi connectivity index (χ4v) is 3.46. The number of pyridine rings is 2. The van der Waals surface area contributed by atoms with Gasteiger partial charge in [0.05, 0.1) is 23.0 Å². The largest absolute Gasteiger partial charge is 0.361 e. The third-order valence-electron chi connectivity index (χ3n) is 4.93. The monoisotopic (exact) mass is 407 g/mol. The summed E-state index contributed by atoms with van der Waals surface area (Å²) in [4.78, 5) is 24.9. The summed E-state index contributed by atoms with van der Waals surface area (Å²) in [5.74, 6) is -0.292. The van der Waals surface area contributed by atoms with Crippen molar-refractivity contribution in [1.82, 2.24) is 20.4 Å². The molecule has 0 spiro atoms. The van der Waals surface area contributed by atoms with Crippen molar-refractivity contribution in [2.75, 3.05) is 0 Å². The van der Waals surface area contributed by atoms with Crippen molar-refractivity contribution in [3.05, 3.63) is 96.4 Å². The van der Waals surface area contributed by atoms with E-state index in [0.29, 0.717) is 11.3 Å². The van der Waals surface area contributed by atoms with E-state index in [1.54, 1.807) is 24.7 Å². The molecular weight excluding hydrogens is 386 g/mol. The van der Waals surface area contributed by atoms with Gasteiger partial charge in [0.2, 0.25) is 0 Å². The normalized spacial score (nSPS) is 11.0. The zero-order valence-corrected chi connectivity index (χ0v) is 15.9. The Balaban J connectivity index is 0.00000231. The molecule has 0 unspecified atom stereocenters. The van der Waals surface area contributed by atoms with Crippen LogP contribution in [0.4, 0.5) is 0 Å². The van der Waals surface area contributed by atoms with Gasteiger partial charge in [-0.25, -0.2) is 10.4 Å². The van der Waals surface area contributed by atoms with Crippen LogP contribution in [0.2, 0.25) is 0 Å². The minimum absolute atomic E-state index is 0. The predicted octanol–water partition coefficient (Wildman–Crippen LogP) is 5.18. The fourth-order valence-electron chi connectivity index (χ4n) is 3.46. The number of carbonyl (C=O) groups excluding carboxylic acids is 1. The second-order valence-corrected chi connectivity index (χ2v) is 6.80. The number of hydrogen-bond donors (Lipinski definition) is 2. The maximum atomic E-state index is 13.0. The maximum Gasteiger partial charge on any atom is 0.272 e. The smallest absolute Gasteiger partial charge is 0.272 e. The van der Waals surface area contributed by atoms with Crippen molar-refractivity contribution in [2.24, 2.45) is 5.10 Å². The number of aromatic nitrogens is 3. The lowest BCUT2D eigenvalue weighted by molar-refractivity contribution is 0.0956. The van der Waals surface area contributed by atoms with E-state index in [9.17, 15) is 4.79 Å². The molecule has 3 heterocycles. The molecule has 0 saturated heterocycles. The molecule has 0 aliphatic carbocycles. The molecule has 0 fully saturated rings. The molecule has 2 aromatic carbocycles. The van der Waals surface area contributed by atoms with Crippen LogP contribution < -0.4 is 5.43 Å². The molecule has 2 N–H and O–H groups in total. The van der Waals surface area contributed by atoms with Crippen molar-refractivity contribution >= 4 is 33.9 Å². The molecule has 0 aliphatic heterocycles. The quantitative estimate of drug-likeness (QED) is 0.318. The molecular formula is C25H21N5O. The van der Waals surface area contributed by atoms with Crippen molar-refractivity contribution in [2.45, 2.75) is 7.43 Å². The third-order valence-corrected chi connectivity index (χ3v) is 4.93. The molecule has 0 atom stereocenters. The van der Waals surface area contributed by atoms with Gasteiger partial charge in [0.15, 0.2) is 0 Å². The predicted molar refractivity (Wildman–Crippen MR) is 125 cm³/mol. The van der Waals surface area contributed by atoms with Crippen LogP contribution in [0.1, 0.15) is 23.3 Å². The SMILES string of the molecule is C.O=C(N/N=C/c1c[nH]c2ccccc12)c1cc(-c2ccncc2)nc2ccccc12. The number of rotatable bonds is 4. The standard InChI is InChI=1S/C24H17N5O.CH4/c30-24(29-27-15-17-14-26-21-7-3-1-5-18(17)21)20-13-23(16-9-11-25-12-10-16)28-22-8-4-2-6-19(20)22;/h1-15,26H,(H,29,30);1H4/b27-15+;. The summed E-state index contributed by atoms with van der Waals surface area (Å²) in [6, 6.07) is 21.0. The highest BCUT2D eigenvalue weighted by molar-refractivity contribution is 6.07. The van der Waals surface area contributed by atoms with E-state index < -0.39 is 0 Å². The lowest BCUT2D eigenvalue weighted by atomic mass is 10.0. The molecule has 1 amide bonds. The molecule has 152 valence electrons. The second kappa shape index (κ2) is 8.59. The van der Waals surface area contributed by atoms with E-state index in [1.165, 1.54) is 0 Å². The number of para-hydroxylation sites is 2. The highest BCUT2D eigenvalue weighted by Gasteiger charge is 2.13. The highest BCUT2D eigenvalue weighted by atomic mass is 16.2. The molecule has 0 bridgehead atoms. The summed E-state index contributed by atoms with van der Waals surface area (Å²) >= 11 is 0. The van der Waals surface area contributed by atoms with E-state index in [-0.39, 0.29) is 13.3 Å². The van der Waals surface area contributed by atoms with Crippen molar-refractivity contribution in [3.63, 3.8) is 0 Å². The summed E-state index contributed by atoms with van der Waals surface area (Å²) in [7, 11) is 0. The number of nitrogens with one attached hydrogen (secondary N) is 2. The van der Waals surface area contributed by atoms with Crippen LogP contribution in [0.25, 0.3) is 33.1 Å². The topological polar surface area (TPSA) is 83.0 Å². The number of aromatic amines is 1. The van der Waals surface area contributed by atoms with Crippen LogP contribution in [0.3, 0.4) is 0 Å². The molecule has 5 aromatic rings. The molecule has 6 nitrogen and oxygen atoms in total. The van der Waals surface area contributed by atoms with Crippen LogP contribution >= 0.6 is 0 Å². The molecule has 6 heteroatoms. The molecule has 5 rings (SSSR count). The Bertz CT molecular complexity index is 1390. The van der Waals surface area contributed by atoms with Gasteiger partial charge in [-0.2, -0.15) is 5.10 Å². The van der Waals surface area contributed by atoms with Gasteiger partial charge in [0, 0.05) is 46.0 Å². The summed E-state index contributed by atoms with van der Waals surface area (Å²) < 4.78 is 0. The fraction of sp³-hybridized carbons (Fsp3) is 0.0400. The average molecular weight is 407 g/mol. The number of carbonyl (C=O) groups is 1. The van der Waals surface area contributed by atoms with E-state index in [1.807, 2.05) is 66.9 Å². The van der Waals surface area contributed by atoms with E-state index in [0.717, 1.165) is 32.9 Å². The van der Waals surface area contributed by atoms with Crippen LogP contribution in [-0.4, -0.2) is 27.1 Å². The third kappa shape index (κ3) is 3.91. The number of amides is 1. The lowest BCUT2D eigenvalue weighted by Gasteiger charge is -2.08. The first kappa shape index (κ1) is 20.0. The summed E-state index contributed by atoms with van der Waals surface area (Å²) in [6.45, 7) is 0. The number of benzene rings is 2. The van der Waals surface area contributed by atoms with Gasteiger partial charge >= 0.3 is 0 Å². The van der Waals surface area contributed by atoms with Crippen LogP contribution in [0.5, 0.6) is 0 Å². The maximum absolute atomic E-state index is 13.0. The van der Waals surface area contributed by atoms with Gasteiger partial charge in [0.25, 0.3) is 5.91 Å². The Morgan fingerprint density at radius 2 is 1.71 bits per heavy atom. The van der Waals surface area contributed by atoms with Crippen LogP contribution in [0.15, 0.2) is 90.4 Å². The number of H-pyrrole nitrogens is 1. The van der Waals surface area contributed by atoms with E-state index in [4.69, 9.17) is 4.98 Å². The Labute approximate surface area is 179 Å². The summed E-state index contributed by atoms with van der Waals surface area (Å²) in [6.07, 6.45) is 6.92. The minimum atomic E-state index is -0.292. The number of fused-ring (bicyclic) bond motifs is 2. The molecule has 0 radical (unpaired) electrons. The van der Waals surface area contributed by atoms with Gasteiger partial charge < -0.3 is 4.98 Å². The molecule has 3 aromatic heterocycles. The first-order valence-corrected chi connectivity index (χ1v) is 9.49. The molecule has 0 aliphatic rings. The number of nitrogens with zero attached hydrogens (tertiary/aromatic N) is 3. The summed E-state index contributed by atoms with van der Waals surface area (Å²) in [5, 5.41) is 5.99. The Hall–Kier alpha value is -4.32. The first-order chi connectivity index (χ1) is 14.8.